The Morgan fingerprint density at radius 3 is 2.15 bits per heavy atom. The fourth-order valence-electron chi connectivity index (χ4n) is 2.69. The van der Waals surface area contributed by atoms with Gasteiger partial charge in [0, 0.05) is 12.8 Å². The zero-order chi connectivity index (χ0) is 19.8. The Kier molecular flexibility index (Phi) is 7.37. The third kappa shape index (κ3) is 5.82. The quantitative estimate of drug-likeness (QED) is 0.623. The topological polar surface area (TPSA) is 93.1 Å². The molecule has 0 aliphatic rings. The average Bonchev–Trinajstić information content (AvgIpc) is 2.70. The Morgan fingerprint density at radius 2 is 1.56 bits per heavy atom. The standard InChI is InChI=1S/C21H24O6/c1-26-16-5-3-4-14(12-16)7-10-18(23)21(25)19(24)11-8-15-6-9-17(22)20(13-15)27-2/h3-6,9,12-13,21-22,25H,7-8,10-11H2,1-2H3. The van der Waals surface area contributed by atoms with Crippen LogP contribution in [0, 0.1) is 0 Å². The van der Waals surface area contributed by atoms with Crippen LogP contribution < -0.4 is 9.47 Å². The molecule has 1 atom stereocenters. The van der Waals surface area contributed by atoms with Crippen LogP contribution in [0.3, 0.4) is 0 Å². The number of hydrogen-bond donors (Lipinski definition) is 2. The maximum absolute atomic E-state index is 12.1. The molecule has 0 heterocycles. The lowest BCUT2D eigenvalue weighted by Crippen LogP contribution is -2.30. The van der Waals surface area contributed by atoms with Crippen LogP contribution in [0.15, 0.2) is 42.5 Å². The largest absolute Gasteiger partial charge is 0.504 e. The fourth-order valence-corrected chi connectivity index (χ4v) is 2.69. The van der Waals surface area contributed by atoms with Crippen LogP contribution in [0.1, 0.15) is 24.0 Å². The SMILES string of the molecule is COc1cccc(CCC(=O)C(O)C(=O)CCc2ccc(O)c(OC)c2)c1. The second kappa shape index (κ2) is 9.73. The first-order chi connectivity index (χ1) is 12.9. The number of Topliss-reactive ketones (excluding diaryl/α,β-unsaturated/α-hetero) is 2. The van der Waals surface area contributed by atoms with Crippen LogP contribution in [0.4, 0.5) is 0 Å². The van der Waals surface area contributed by atoms with Crippen molar-refractivity contribution in [2.24, 2.45) is 0 Å². The van der Waals surface area contributed by atoms with Gasteiger partial charge in [-0.05, 0) is 48.2 Å². The lowest BCUT2D eigenvalue weighted by molar-refractivity contribution is -0.138. The third-order valence-electron chi connectivity index (χ3n) is 4.31. The fraction of sp³-hybridized carbons (Fsp3) is 0.333. The number of carbonyl (C=O) groups excluding carboxylic acids is 2. The monoisotopic (exact) mass is 372 g/mol. The molecular weight excluding hydrogens is 348 g/mol. The van der Waals surface area contributed by atoms with E-state index in [1.807, 2.05) is 24.3 Å². The number of ketones is 2. The molecule has 0 radical (unpaired) electrons. The molecule has 0 aromatic heterocycles. The van der Waals surface area contributed by atoms with Crippen molar-refractivity contribution in [1.29, 1.82) is 0 Å². The van der Waals surface area contributed by atoms with E-state index in [0.29, 0.717) is 24.3 Å². The van der Waals surface area contributed by atoms with Gasteiger partial charge in [0.1, 0.15) is 5.75 Å². The summed E-state index contributed by atoms with van der Waals surface area (Å²) < 4.78 is 10.2. The van der Waals surface area contributed by atoms with Gasteiger partial charge in [0.15, 0.2) is 29.2 Å². The van der Waals surface area contributed by atoms with Crippen molar-refractivity contribution in [3.8, 4) is 17.2 Å². The molecule has 144 valence electrons. The molecule has 2 aromatic rings. The van der Waals surface area contributed by atoms with Crippen molar-refractivity contribution >= 4 is 11.6 Å². The van der Waals surface area contributed by atoms with E-state index in [4.69, 9.17) is 9.47 Å². The highest BCUT2D eigenvalue weighted by Crippen LogP contribution is 2.26. The van der Waals surface area contributed by atoms with Crippen LogP contribution >= 0.6 is 0 Å². The maximum Gasteiger partial charge on any atom is 0.170 e. The van der Waals surface area contributed by atoms with Crippen molar-refractivity contribution < 1.29 is 29.3 Å². The Labute approximate surface area is 158 Å². The predicted octanol–water partition coefficient (Wildman–Crippen LogP) is 2.47. The van der Waals surface area contributed by atoms with Gasteiger partial charge in [-0.2, -0.15) is 0 Å². The number of rotatable bonds is 10. The maximum atomic E-state index is 12.1. The van der Waals surface area contributed by atoms with Gasteiger partial charge < -0.3 is 19.7 Å². The zero-order valence-corrected chi connectivity index (χ0v) is 15.5. The van der Waals surface area contributed by atoms with Gasteiger partial charge in [0.05, 0.1) is 14.2 Å². The molecule has 27 heavy (non-hydrogen) atoms. The molecule has 1 unspecified atom stereocenters. The second-order valence-corrected chi connectivity index (χ2v) is 6.19. The number of aliphatic hydroxyl groups is 1. The first-order valence-electron chi connectivity index (χ1n) is 8.67. The highest BCUT2D eigenvalue weighted by atomic mass is 16.5. The lowest BCUT2D eigenvalue weighted by Gasteiger charge is -2.10. The first kappa shape index (κ1) is 20.5. The summed E-state index contributed by atoms with van der Waals surface area (Å²) in [4.78, 5) is 24.2. The van der Waals surface area contributed by atoms with E-state index in [1.54, 1.807) is 19.2 Å². The van der Waals surface area contributed by atoms with Gasteiger partial charge in [-0.1, -0.05) is 18.2 Å². The molecule has 0 fully saturated rings. The van der Waals surface area contributed by atoms with Gasteiger partial charge in [-0.25, -0.2) is 0 Å². The molecule has 0 amide bonds. The number of aromatic hydroxyl groups is 1. The second-order valence-electron chi connectivity index (χ2n) is 6.19. The molecule has 2 rings (SSSR count). The number of ether oxygens (including phenoxy) is 2. The third-order valence-corrected chi connectivity index (χ3v) is 4.31. The molecule has 2 aromatic carbocycles. The summed E-state index contributed by atoms with van der Waals surface area (Å²) in [6.45, 7) is 0. The van der Waals surface area contributed by atoms with Gasteiger partial charge in [-0.15, -0.1) is 0 Å². The predicted molar refractivity (Wildman–Crippen MR) is 100 cm³/mol. The molecule has 0 spiro atoms. The zero-order valence-electron chi connectivity index (χ0n) is 15.5. The van der Waals surface area contributed by atoms with Crippen molar-refractivity contribution in [3.05, 3.63) is 53.6 Å². The summed E-state index contributed by atoms with van der Waals surface area (Å²) in [5, 5.41) is 19.6. The number of methoxy groups -OCH3 is 2. The lowest BCUT2D eigenvalue weighted by atomic mass is 9.99. The van der Waals surface area contributed by atoms with Crippen LogP contribution in [0.5, 0.6) is 17.2 Å². The normalized spacial score (nSPS) is 11.7. The van der Waals surface area contributed by atoms with E-state index in [1.165, 1.54) is 13.2 Å². The Morgan fingerprint density at radius 1 is 0.926 bits per heavy atom. The summed E-state index contributed by atoms with van der Waals surface area (Å²) in [5.41, 5.74) is 1.67. The molecule has 6 heteroatoms. The summed E-state index contributed by atoms with van der Waals surface area (Å²) in [6.07, 6.45) is -0.743. The smallest absolute Gasteiger partial charge is 0.170 e. The first-order valence-corrected chi connectivity index (χ1v) is 8.67. The molecule has 2 N–H and O–H groups in total. The molecule has 0 bridgehead atoms. The van der Waals surface area contributed by atoms with Crippen molar-refractivity contribution in [2.45, 2.75) is 31.8 Å². The van der Waals surface area contributed by atoms with Crippen LogP contribution in [-0.4, -0.2) is 42.1 Å². The Balaban J connectivity index is 1.85. The molecule has 0 aliphatic carbocycles. The van der Waals surface area contributed by atoms with E-state index in [-0.39, 0.29) is 18.6 Å². The summed E-state index contributed by atoms with van der Waals surface area (Å²) in [7, 11) is 3.01. The summed E-state index contributed by atoms with van der Waals surface area (Å²) in [5.74, 6) is 0.0138. The van der Waals surface area contributed by atoms with E-state index in [9.17, 15) is 19.8 Å². The van der Waals surface area contributed by atoms with Crippen molar-refractivity contribution in [2.75, 3.05) is 14.2 Å². The molecule has 6 nitrogen and oxygen atoms in total. The number of aryl methyl sites for hydroxylation is 2. The molecule has 0 saturated heterocycles. The number of benzene rings is 2. The van der Waals surface area contributed by atoms with Crippen LogP contribution in [0.25, 0.3) is 0 Å². The van der Waals surface area contributed by atoms with E-state index in [0.717, 1.165) is 11.1 Å². The van der Waals surface area contributed by atoms with Gasteiger partial charge in [0.25, 0.3) is 0 Å². The molecule has 0 saturated carbocycles. The highest BCUT2D eigenvalue weighted by Gasteiger charge is 2.23. The Hall–Kier alpha value is -2.86. The molecule has 0 aliphatic heterocycles. The van der Waals surface area contributed by atoms with E-state index >= 15 is 0 Å². The van der Waals surface area contributed by atoms with E-state index < -0.39 is 17.7 Å². The van der Waals surface area contributed by atoms with Crippen LogP contribution in [-0.2, 0) is 22.4 Å². The minimum absolute atomic E-state index is 0.0142. The number of hydrogen-bond acceptors (Lipinski definition) is 6. The average molecular weight is 372 g/mol. The number of aliphatic hydroxyl groups excluding tert-OH is 1. The minimum atomic E-state index is -1.62. The number of phenolic OH excluding ortho intramolecular Hbond substituents is 1. The minimum Gasteiger partial charge on any atom is -0.504 e. The Bertz CT molecular complexity index is 799. The number of phenols is 1. The van der Waals surface area contributed by atoms with Crippen molar-refractivity contribution in [1.82, 2.24) is 0 Å². The van der Waals surface area contributed by atoms with Crippen molar-refractivity contribution in [3.63, 3.8) is 0 Å². The van der Waals surface area contributed by atoms with Gasteiger partial charge in [-0.3, -0.25) is 9.59 Å². The van der Waals surface area contributed by atoms with Crippen LogP contribution in [0.2, 0.25) is 0 Å². The summed E-state index contributed by atoms with van der Waals surface area (Å²) >= 11 is 0. The summed E-state index contributed by atoms with van der Waals surface area (Å²) in [6, 6.07) is 12.1. The van der Waals surface area contributed by atoms with Gasteiger partial charge in [0.2, 0.25) is 0 Å². The van der Waals surface area contributed by atoms with Gasteiger partial charge >= 0.3 is 0 Å². The number of carbonyl (C=O) groups is 2. The van der Waals surface area contributed by atoms with E-state index in [2.05, 4.69) is 0 Å². The highest BCUT2D eigenvalue weighted by molar-refractivity contribution is 6.05. The molecular formula is C21H24O6.